The first-order valence-electron chi connectivity index (χ1n) is 6.67. The second-order valence-electron chi connectivity index (χ2n) is 5.14. The van der Waals surface area contributed by atoms with E-state index in [4.69, 9.17) is 10.6 Å². The first kappa shape index (κ1) is 14.8. The van der Waals surface area contributed by atoms with Crippen LogP contribution in [0.15, 0.2) is 18.2 Å². The highest BCUT2D eigenvalue weighted by Gasteiger charge is 2.30. The molecule has 1 aromatic rings. The molecule has 1 heterocycles. The van der Waals surface area contributed by atoms with Crippen LogP contribution in [0.3, 0.4) is 0 Å². The van der Waals surface area contributed by atoms with Gasteiger partial charge in [0.15, 0.2) is 0 Å². The predicted octanol–water partition coefficient (Wildman–Crippen LogP) is 0.502. The van der Waals surface area contributed by atoms with Crippen molar-refractivity contribution in [2.45, 2.75) is 26.0 Å². The SMILES string of the molecule is Cc1ccc(C(=O)N2CC(CO)OCC2C)c(NN)c1. The fourth-order valence-corrected chi connectivity index (χ4v) is 2.33. The van der Waals surface area contributed by atoms with Crippen LogP contribution < -0.4 is 11.3 Å². The Kier molecular flexibility index (Phi) is 4.59. The number of hydrogen-bond acceptors (Lipinski definition) is 5. The van der Waals surface area contributed by atoms with E-state index >= 15 is 0 Å². The molecular weight excluding hydrogens is 258 g/mol. The molecule has 0 aromatic heterocycles. The van der Waals surface area contributed by atoms with Crippen molar-refractivity contribution in [1.29, 1.82) is 0 Å². The van der Waals surface area contributed by atoms with E-state index in [1.807, 2.05) is 26.0 Å². The Balaban J connectivity index is 2.25. The number of amides is 1. The monoisotopic (exact) mass is 279 g/mol. The molecule has 2 rings (SSSR count). The summed E-state index contributed by atoms with van der Waals surface area (Å²) >= 11 is 0. The van der Waals surface area contributed by atoms with Gasteiger partial charge in [0.2, 0.25) is 0 Å². The lowest BCUT2D eigenvalue weighted by Crippen LogP contribution is -2.52. The summed E-state index contributed by atoms with van der Waals surface area (Å²) in [5.74, 6) is 5.39. The predicted molar refractivity (Wildman–Crippen MR) is 76.3 cm³/mol. The summed E-state index contributed by atoms with van der Waals surface area (Å²) in [5.41, 5.74) is 4.73. The van der Waals surface area contributed by atoms with Crippen LogP contribution in [0.4, 0.5) is 5.69 Å². The molecule has 1 aromatic carbocycles. The van der Waals surface area contributed by atoms with Gasteiger partial charge < -0.3 is 20.2 Å². The van der Waals surface area contributed by atoms with Crippen molar-refractivity contribution in [3.05, 3.63) is 29.3 Å². The topological polar surface area (TPSA) is 87.8 Å². The van der Waals surface area contributed by atoms with E-state index < -0.39 is 0 Å². The fraction of sp³-hybridized carbons (Fsp3) is 0.500. The Hall–Kier alpha value is -1.63. The smallest absolute Gasteiger partial charge is 0.256 e. The molecule has 0 radical (unpaired) electrons. The van der Waals surface area contributed by atoms with Crippen LogP contribution in [0.2, 0.25) is 0 Å². The second-order valence-corrected chi connectivity index (χ2v) is 5.14. The molecular formula is C14H21N3O3. The van der Waals surface area contributed by atoms with Gasteiger partial charge in [0.25, 0.3) is 5.91 Å². The van der Waals surface area contributed by atoms with Crippen molar-refractivity contribution in [1.82, 2.24) is 4.90 Å². The number of ether oxygens (including phenoxy) is 1. The molecule has 0 saturated carbocycles. The average Bonchev–Trinajstić information content (AvgIpc) is 2.47. The molecule has 1 aliphatic rings. The second kappa shape index (κ2) is 6.21. The lowest BCUT2D eigenvalue weighted by atomic mass is 10.1. The number of nitrogens with two attached hydrogens (primary N) is 1. The van der Waals surface area contributed by atoms with Crippen molar-refractivity contribution in [3.8, 4) is 0 Å². The van der Waals surface area contributed by atoms with Gasteiger partial charge in [-0.25, -0.2) is 0 Å². The number of carbonyl (C=O) groups is 1. The summed E-state index contributed by atoms with van der Waals surface area (Å²) in [6, 6.07) is 5.45. The lowest BCUT2D eigenvalue weighted by molar-refractivity contribution is -0.0667. The van der Waals surface area contributed by atoms with Crippen LogP contribution in [0.1, 0.15) is 22.8 Å². The van der Waals surface area contributed by atoms with E-state index in [9.17, 15) is 9.90 Å². The molecule has 2 unspecified atom stereocenters. The summed E-state index contributed by atoms with van der Waals surface area (Å²) in [4.78, 5) is 14.4. The number of rotatable bonds is 3. The van der Waals surface area contributed by atoms with Crippen LogP contribution in [-0.2, 0) is 4.74 Å². The van der Waals surface area contributed by atoms with Crippen molar-refractivity contribution in [2.75, 3.05) is 25.2 Å². The fourth-order valence-electron chi connectivity index (χ4n) is 2.33. The van der Waals surface area contributed by atoms with Gasteiger partial charge in [0, 0.05) is 6.54 Å². The van der Waals surface area contributed by atoms with Gasteiger partial charge in [0.1, 0.15) is 0 Å². The van der Waals surface area contributed by atoms with Gasteiger partial charge >= 0.3 is 0 Å². The Morgan fingerprint density at radius 1 is 1.60 bits per heavy atom. The lowest BCUT2D eigenvalue weighted by Gasteiger charge is -2.37. The Morgan fingerprint density at radius 2 is 2.35 bits per heavy atom. The van der Waals surface area contributed by atoms with Gasteiger partial charge in [-0.05, 0) is 31.5 Å². The molecule has 110 valence electrons. The molecule has 4 N–H and O–H groups in total. The number of anilines is 1. The highest BCUT2D eigenvalue weighted by atomic mass is 16.5. The van der Waals surface area contributed by atoms with E-state index in [2.05, 4.69) is 5.43 Å². The van der Waals surface area contributed by atoms with E-state index in [0.717, 1.165) is 5.56 Å². The zero-order valence-corrected chi connectivity index (χ0v) is 11.8. The van der Waals surface area contributed by atoms with Gasteiger partial charge in [-0.2, -0.15) is 0 Å². The number of nitrogens with one attached hydrogen (secondary N) is 1. The molecule has 0 bridgehead atoms. The molecule has 1 amide bonds. The van der Waals surface area contributed by atoms with E-state index in [1.165, 1.54) is 0 Å². The third-order valence-electron chi connectivity index (χ3n) is 3.53. The minimum absolute atomic E-state index is 0.0303. The number of carbonyl (C=O) groups excluding carboxylic acids is 1. The Labute approximate surface area is 118 Å². The normalized spacial score (nSPS) is 22.7. The molecule has 1 saturated heterocycles. The first-order valence-corrected chi connectivity index (χ1v) is 6.67. The molecule has 6 heteroatoms. The van der Waals surface area contributed by atoms with Crippen LogP contribution in [0, 0.1) is 6.92 Å². The first-order chi connectivity index (χ1) is 9.56. The molecule has 20 heavy (non-hydrogen) atoms. The number of benzene rings is 1. The summed E-state index contributed by atoms with van der Waals surface area (Å²) in [7, 11) is 0. The quantitative estimate of drug-likeness (QED) is 0.554. The highest BCUT2D eigenvalue weighted by molar-refractivity contribution is 6.00. The van der Waals surface area contributed by atoms with Gasteiger partial charge in [0.05, 0.1) is 36.6 Å². The summed E-state index contributed by atoms with van der Waals surface area (Å²) in [6.45, 7) is 4.58. The minimum atomic E-state index is -0.324. The summed E-state index contributed by atoms with van der Waals surface area (Å²) in [5, 5.41) is 9.19. The van der Waals surface area contributed by atoms with Gasteiger partial charge in [-0.3, -0.25) is 10.6 Å². The summed E-state index contributed by atoms with van der Waals surface area (Å²) < 4.78 is 5.45. The third kappa shape index (κ3) is 2.92. The number of hydrogen-bond donors (Lipinski definition) is 3. The van der Waals surface area contributed by atoms with Crippen molar-refractivity contribution in [2.24, 2.45) is 5.84 Å². The number of nitrogen functional groups attached to an aromatic ring is 1. The third-order valence-corrected chi connectivity index (χ3v) is 3.53. The number of hydrazine groups is 1. The maximum absolute atomic E-state index is 12.7. The van der Waals surface area contributed by atoms with E-state index in [0.29, 0.717) is 24.4 Å². The molecule has 0 spiro atoms. The van der Waals surface area contributed by atoms with E-state index in [-0.39, 0.29) is 24.7 Å². The minimum Gasteiger partial charge on any atom is -0.394 e. The molecule has 2 atom stereocenters. The molecule has 1 aliphatic heterocycles. The molecule has 0 aliphatic carbocycles. The number of aliphatic hydroxyl groups is 1. The zero-order chi connectivity index (χ0) is 14.7. The molecule has 6 nitrogen and oxygen atoms in total. The Morgan fingerprint density at radius 3 is 3.00 bits per heavy atom. The largest absolute Gasteiger partial charge is 0.394 e. The zero-order valence-electron chi connectivity index (χ0n) is 11.8. The highest BCUT2D eigenvalue weighted by Crippen LogP contribution is 2.22. The number of aryl methyl sites for hydroxylation is 1. The van der Waals surface area contributed by atoms with Crippen LogP contribution >= 0.6 is 0 Å². The van der Waals surface area contributed by atoms with Crippen LogP contribution in [-0.4, -0.2) is 47.8 Å². The number of aliphatic hydroxyl groups excluding tert-OH is 1. The average molecular weight is 279 g/mol. The van der Waals surface area contributed by atoms with Gasteiger partial charge in [-0.1, -0.05) is 6.07 Å². The standard InChI is InChI=1S/C14H21N3O3/c1-9-3-4-12(13(5-9)16-15)14(19)17-6-11(7-18)20-8-10(17)2/h3-5,10-11,16,18H,6-8,15H2,1-2H3. The number of nitrogens with zero attached hydrogens (tertiary/aromatic N) is 1. The van der Waals surface area contributed by atoms with Crippen molar-refractivity contribution >= 4 is 11.6 Å². The van der Waals surface area contributed by atoms with Crippen LogP contribution in [0.25, 0.3) is 0 Å². The number of morpholine rings is 1. The van der Waals surface area contributed by atoms with Crippen molar-refractivity contribution in [3.63, 3.8) is 0 Å². The molecule has 1 fully saturated rings. The van der Waals surface area contributed by atoms with Crippen LogP contribution in [0.5, 0.6) is 0 Å². The maximum atomic E-state index is 12.7. The Bertz CT molecular complexity index is 493. The summed E-state index contributed by atoms with van der Waals surface area (Å²) in [6.07, 6.45) is -0.324. The van der Waals surface area contributed by atoms with E-state index in [1.54, 1.807) is 11.0 Å². The van der Waals surface area contributed by atoms with Crippen molar-refractivity contribution < 1.29 is 14.6 Å². The van der Waals surface area contributed by atoms with Gasteiger partial charge in [-0.15, -0.1) is 0 Å². The maximum Gasteiger partial charge on any atom is 0.256 e.